The molecule has 0 atom stereocenters. The lowest BCUT2D eigenvalue weighted by atomic mass is 9.96. The second kappa shape index (κ2) is 8.83. The van der Waals surface area contributed by atoms with E-state index >= 15 is 0 Å². The summed E-state index contributed by atoms with van der Waals surface area (Å²) in [5.41, 5.74) is 0. The summed E-state index contributed by atoms with van der Waals surface area (Å²) < 4.78 is 0. The molecule has 0 aromatic rings. The first-order valence-electron chi connectivity index (χ1n) is 5.46. The highest BCUT2D eigenvalue weighted by atomic mass is 14.1. The van der Waals surface area contributed by atoms with E-state index in [1.807, 2.05) is 0 Å². The molecule has 0 amide bonds. The predicted octanol–water partition coefficient (Wildman–Crippen LogP) is 4.56. The van der Waals surface area contributed by atoms with Crippen LogP contribution in [0.4, 0.5) is 0 Å². The van der Waals surface area contributed by atoms with Crippen LogP contribution in [0.3, 0.4) is 0 Å². The number of rotatable bonds is 7. The molecule has 0 spiro atoms. The highest BCUT2D eigenvalue weighted by Crippen LogP contribution is 2.16. The quantitative estimate of drug-likeness (QED) is 0.386. The van der Waals surface area contributed by atoms with Gasteiger partial charge in [0.05, 0.1) is 0 Å². The molecule has 12 heavy (non-hydrogen) atoms. The maximum atomic E-state index is 2.31. The molecule has 0 aromatic carbocycles. The minimum Gasteiger partial charge on any atom is -0.0917 e. The topological polar surface area (TPSA) is 0 Å². The van der Waals surface area contributed by atoms with E-state index in [9.17, 15) is 0 Å². The summed E-state index contributed by atoms with van der Waals surface area (Å²) in [7, 11) is 0. The van der Waals surface area contributed by atoms with Gasteiger partial charge in [0.15, 0.2) is 0 Å². The lowest BCUT2D eigenvalue weighted by Gasteiger charge is -2.10. The van der Waals surface area contributed by atoms with Gasteiger partial charge in [0.25, 0.3) is 0 Å². The monoisotopic (exact) mass is 168 g/mol. The van der Waals surface area contributed by atoms with Crippen LogP contribution in [0.1, 0.15) is 59.3 Å². The number of hydrogen-bond acceptors (Lipinski definition) is 0. The Hall–Kier alpha value is -0.260. The van der Waals surface area contributed by atoms with Crippen molar-refractivity contribution in [3.8, 4) is 0 Å². The first-order valence-corrected chi connectivity index (χ1v) is 5.46. The molecule has 0 saturated carbocycles. The fourth-order valence-corrected chi connectivity index (χ4v) is 1.56. The summed E-state index contributed by atoms with van der Waals surface area (Å²) in [4.78, 5) is 0. The third kappa shape index (κ3) is 6.45. The molecule has 0 heteroatoms. The Morgan fingerprint density at radius 3 is 2.25 bits per heavy atom. The van der Waals surface area contributed by atoms with Crippen molar-refractivity contribution in [1.82, 2.24) is 0 Å². The van der Waals surface area contributed by atoms with Crippen molar-refractivity contribution in [2.24, 2.45) is 5.92 Å². The van der Waals surface area contributed by atoms with Crippen molar-refractivity contribution in [2.75, 3.05) is 0 Å². The Morgan fingerprint density at radius 2 is 1.75 bits per heavy atom. The third-order valence-electron chi connectivity index (χ3n) is 2.62. The zero-order valence-corrected chi connectivity index (χ0v) is 8.97. The summed E-state index contributed by atoms with van der Waals surface area (Å²) in [6.07, 6.45) is 12.6. The highest BCUT2D eigenvalue weighted by molar-refractivity contribution is 4.76. The molecular weight excluding hydrogens is 144 g/mol. The van der Waals surface area contributed by atoms with Gasteiger partial charge < -0.3 is 0 Å². The summed E-state index contributed by atoms with van der Waals surface area (Å²) >= 11 is 0. The van der Waals surface area contributed by atoms with E-state index in [4.69, 9.17) is 0 Å². The molecule has 0 radical (unpaired) electrons. The molecule has 0 fully saturated rings. The standard InChI is InChI=1S/C12H24/c1-4-7-8-9-10-11-12(5-2)6-3/h4,7,12H,5-6,8-11H2,1-3H3. The van der Waals surface area contributed by atoms with Crippen molar-refractivity contribution >= 4 is 0 Å². The smallest absolute Gasteiger partial charge is 0.0351 e. The Bertz CT molecular complexity index is 98.6. The largest absolute Gasteiger partial charge is 0.0917 e. The molecule has 0 aromatic heterocycles. The van der Waals surface area contributed by atoms with E-state index in [0.717, 1.165) is 5.92 Å². The van der Waals surface area contributed by atoms with Gasteiger partial charge in [-0.1, -0.05) is 51.7 Å². The zero-order valence-electron chi connectivity index (χ0n) is 8.97. The van der Waals surface area contributed by atoms with Gasteiger partial charge in [-0.15, -0.1) is 0 Å². The van der Waals surface area contributed by atoms with Crippen molar-refractivity contribution in [1.29, 1.82) is 0 Å². The molecule has 0 rings (SSSR count). The fourth-order valence-electron chi connectivity index (χ4n) is 1.56. The van der Waals surface area contributed by atoms with Crippen LogP contribution in [0.2, 0.25) is 0 Å². The van der Waals surface area contributed by atoms with Crippen LogP contribution >= 0.6 is 0 Å². The van der Waals surface area contributed by atoms with Gasteiger partial charge in [-0.3, -0.25) is 0 Å². The molecule has 0 bridgehead atoms. The molecule has 0 aliphatic carbocycles. The van der Waals surface area contributed by atoms with E-state index in [2.05, 4.69) is 32.9 Å². The SMILES string of the molecule is CC=CCCCCC(CC)CC. The second-order valence-corrected chi connectivity index (χ2v) is 3.54. The second-order valence-electron chi connectivity index (χ2n) is 3.54. The summed E-state index contributed by atoms with van der Waals surface area (Å²) in [5.74, 6) is 0.982. The molecule has 0 heterocycles. The summed E-state index contributed by atoms with van der Waals surface area (Å²) in [6, 6.07) is 0. The molecule has 0 unspecified atom stereocenters. The molecule has 0 aliphatic heterocycles. The first-order chi connectivity index (χ1) is 5.85. The Balaban J connectivity index is 3.17. The van der Waals surface area contributed by atoms with Gasteiger partial charge in [-0.05, 0) is 25.7 Å². The molecule has 0 saturated heterocycles. The van der Waals surface area contributed by atoms with Gasteiger partial charge in [-0.2, -0.15) is 0 Å². The molecule has 72 valence electrons. The van der Waals surface area contributed by atoms with Gasteiger partial charge in [0.1, 0.15) is 0 Å². The highest BCUT2D eigenvalue weighted by Gasteiger charge is 2.01. The zero-order chi connectivity index (χ0) is 9.23. The van der Waals surface area contributed by atoms with Crippen LogP contribution in [-0.4, -0.2) is 0 Å². The minimum atomic E-state index is 0.982. The molecule has 0 N–H and O–H groups in total. The normalized spacial score (nSPS) is 11.7. The number of unbranched alkanes of at least 4 members (excludes halogenated alkanes) is 2. The van der Waals surface area contributed by atoms with E-state index in [-0.39, 0.29) is 0 Å². The molecule has 0 nitrogen and oxygen atoms in total. The van der Waals surface area contributed by atoms with Crippen LogP contribution in [0.5, 0.6) is 0 Å². The van der Waals surface area contributed by atoms with E-state index in [0.29, 0.717) is 0 Å². The van der Waals surface area contributed by atoms with Crippen LogP contribution in [0.15, 0.2) is 12.2 Å². The van der Waals surface area contributed by atoms with Gasteiger partial charge in [0.2, 0.25) is 0 Å². The average molecular weight is 168 g/mol. The van der Waals surface area contributed by atoms with Gasteiger partial charge in [0, 0.05) is 0 Å². The fraction of sp³-hybridized carbons (Fsp3) is 0.833. The Kier molecular flexibility index (Phi) is 8.64. The third-order valence-corrected chi connectivity index (χ3v) is 2.62. The Morgan fingerprint density at radius 1 is 1.08 bits per heavy atom. The van der Waals surface area contributed by atoms with Crippen molar-refractivity contribution in [3.63, 3.8) is 0 Å². The predicted molar refractivity (Wildman–Crippen MR) is 57.4 cm³/mol. The van der Waals surface area contributed by atoms with Crippen LogP contribution in [0.25, 0.3) is 0 Å². The molecular formula is C12H24. The van der Waals surface area contributed by atoms with Crippen LogP contribution in [-0.2, 0) is 0 Å². The molecule has 0 aliphatic rings. The van der Waals surface area contributed by atoms with Crippen LogP contribution in [0, 0.1) is 5.92 Å². The van der Waals surface area contributed by atoms with Crippen molar-refractivity contribution in [3.05, 3.63) is 12.2 Å². The van der Waals surface area contributed by atoms with Crippen molar-refractivity contribution in [2.45, 2.75) is 59.3 Å². The van der Waals surface area contributed by atoms with Crippen molar-refractivity contribution < 1.29 is 0 Å². The Labute approximate surface area is 78.1 Å². The maximum absolute atomic E-state index is 2.31. The lowest BCUT2D eigenvalue weighted by molar-refractivity contribution is 0.435. The van der Waals surface area contributed by atoms with Gasteiger partial charge >= 0.3 is 0 Å². The minimum absolute atomic E-state index is 0.982. The van der Waals surface area contributed by atoms with Crippen LogP contribution < -0.4 is 0 Å². The first kappa shape index (κ1) is 11.7. The van der Waals surface area contributed by atoms with Gasteiger partial charge in [-0.25, -0.2) is 0 Å². The number of allylic oxidation sites excluding steroid dienone is 2. The number of hydrogen-bond donors (Lipinski definition) is 0. The van der Waals surface area contributed by atoms with E-state index in [1.54, 1.807) is 0 Å². The average Bonchev–Trinajstić information content (AvgIpc) is 2.11. The maximum Gasteiger partial charge on any atom is -0.0351 e. The summed E-state index contributed by atoms with van der Waals surface area (Å²) in [6.45, 7) is 6.71. The summed E-state index contributed by atoms with van der Waals surface area (Å²) in [5, 5.41) is 0. The lowest BCUT2D eigenvalue weighted by Crippen LogP contribution is -1.95. The van der Waals surface area contributed by atoms with E-state index in [1.165, 1.54) is 38.5 Å². The van der Waals surface area contributed by atoms with E-state index < -0.39 is 0 Å².